The predicted molar refractivity (Wildman–Crippen MR) is 108 cm³/mol. The summed E-state index contributed by atoms with van der Waals surface area (Å²) >= 11 is 3.37. The molecule has 0 radical (unpaired) electrons. The Hall–Kier alpha value is -2.60. The van der Waals surface area contributed by atoms with Crippen molar-refractivity contribution in [2.45, 2.75) is 13.8 Å². The van der Waals surface area contributed by atoms with Crippen molar-refractivity contribution in [3.63, 3.8) is 0 Å². The van der Waals surface area contributed by atoms with E-state index in [0.717, 1.165) is 23.2 Å². The number of nitrogens with one attached hydrogen (secondary N) is 1. The first-order chi connectivity index (χ1) is 12.5. The van der Waals surface area contributed by atoms with Crippen LogP contribution in [0.3, 0.4) is 0 Å². The minimum Gasteiger partial charge on any atom is -0.422 e. The molecule has 1 amide bonds. The third kappa shape index (κ3) is 3.65. The molecule has 6 heteroatoms. The van der Waals surface area contributed by atoms with Crippen LogP contribution in [0, 0.1) is 0 Å². The lowest BCUT2D eigenvalue weighted by atomic mass is 10.1. The predicted octanol–water partition coefficient (Wildman–Crippen LogP) is 4.65. The first-order valence-corrected chi connectivity index (χ1v) is 9.21. The Morgan fingerprint density at radius 1 is 1.12 bits per heavy atom. The van der Waals surface area contributed by atoms with E-state index in [0.29, 0.717) is 16.7 Å². The van der Waals surface area contributed by atoms with Gasteiger partial charge in [-0.05, 0) is 60.1 Å². The maximum Gasteiger partial charge on any atom is 0.349 e. The van der Waals surface area contributed by atoms with Crippen molar-refractivity contribution in [1.82, 2.24) is 0 Å². The maximum absolute atomic E-state index is 12.5. The third-order valence-electron chi connectivity index (χ3n) is 4.21. The molecule has 0 fully saturated rings. The van der Waals surface area contributed by atoms with Crippen LogP contribution in [0.2, 0.25) is 0 Å². The van der Waals surface area contributed by atoms with Crippen LogP contribution in [0.1, 0.15) is 24.2 Å². The van der Waals surface area contributed by atoms with Crippen molar-refractivity contribution >= 4 is 44.2 Å². The van der Waals surface area contributed by atoms with Crippen molar-refractivity contribution < 1.29 is 9.21 Å². The summed E-state index contributed by atoms with van der Waals surface area (Å²) in [6.07, 6.45) is 0. The number of anilines is 2. The minimum absolute atomic E-state index is 0.0242. The summed E-state index contributed by atoms with van der Waals surface area (Å²) in [7, 11) is 0. The Balaban J connectivity index is 1.96. The lowest BCUT2D eigenvalue weighted by Crippen LogP contribution is -2.22. The highest BCUT2D eigenvalue weighted by Gasteiger charge is 2.15. The molecule has 0 bridgehead atoms. The fraction of sp³-hybridized carbons (Fsp3) is 0.200. The number of halogens is 1. The van der Waals surface area contributed by atoms with Crippen LogP contribution in [0.4, 0.5) is 11.4 Å². The van der Waals surface area contributed by atoms with E-state index in [1.54, 1.807) is 18.2 Å². The molecular formula is C20H19BrN2O3. The summed E-state index contributed by atoms with van der Waals surface area (Å²) in [5, 5.41) is 3.43. The number of nitrogens with zero attached hydrogens (tertiary/aromatic N) is 1. The highest BCUT2D eigenvalue weighted by atomic mass is 79.9. The van der Waals surface area contributed by atoms with Gasteiger partial charge in [0, 0.05) is 34.7 Å². The second kappa shape index (κ2) is 7.74. The first kappa shape index (κ1) is 18.2. The average molecular weight is 415 g/mol. The van der Waals surface area contributed by atoms with Crippen molar-refractivity contribution in [3.05, 3.63) is 69.0 Å². The smallest absolute Gasteiger partial charge is 0.349 e. The van der Waals surface area contributed by atoms with E-state index in [2.05, 4.69) is 40.0 Å². The second-order valence-electron chi connectivity index (χ2n) is 5.78. The summed E-state index contributed by atoms with van der Waals surface area (Å²) in [6, 6.07) is 14.4. The van der Waals surface area contributed by atoms with Gasteiger partial charge >= 0.3 is 5.63 Å². The number of carbonyl (C=O) groups excluding carboxylic acids is 1. The molecule has 0 aliphatic carbocycles. The fourth-order valence-corrected chi connectivity index (χ4v) is 3.18. The highest BCUT2D eigenvalue weighted by Crippen LogP contribution is 2.24. The summed E-state index contributed by atoms with van der Waals surface area (Å²) in [5.74, 6) is -0.500. The quantitative estimate of drug-likeness (QED) is 0.616. The molecule has 26 heavy (non-hydrogen) atoms. The molecule has 0 unspecified atom stereocenters. The molecule has 0 aliphatic heterocycles. The van der Waals surface area contributed by atoms with Crippen LogP contribution in [0.15, 0.2) is 62.2 Å². The van der Waals surface area contributed by atoms with Crippen LogP contribution in [-0.4, -0.2) is 19.0 Å². The molecule has 3 rings (SSSR count). The Kier molecular flexibility index (Phi) is 5.42. The van der Waals surface area contributed by atoms with Gasteiger partial charge < -0.3 is 14.6 Å². The first-order valence-electron chi connectivity index (χ1n) is 8.42. The zero-order valence-electron chi connectivity index (χ0n) is 14.6. The molecule has 5 nitrogen and oxygen atoms in total. The zero-order valence-corrected chi connectivity index (χ0v) is 16.2. The van der Waals surface area contributed by atoms with Crippen molar-refractivity contribution in [3.8, 4) is 0 Å². The number of rotatable bonds is 5. The van der Waals surface area contributed by atoms with E-state index in [1.165, 1.54) is 0 Å². The lowest BCUT2D eigenvalue weighted by molar-refractivity contribution is 0.102. The van der Waals surface area contributed by atoms with E-state index in [9.17, 15) is 9.59 Å². The fourth-order valence-electron chi connectivity index (χ4n) is 2.80. The van der Waals surface area contributed by atoms with Gasteiger partial charge in [0.05, 0.1) is 5.69 Å². The highest BCUT2D eigenvalue weighted by molar-refractivity contribution is 9.10. The third-order valence-corrected chi connectivity index (χ3v) is 4.91. The Bertz CT molecular complexity index is 1010. The number of fused-ring (bicyclic) bond motifs is 1. The molecule has 1 heterocycles. The van der Waals surface area contributed by atoms with Gasteiger partial charge in [-0.3, -0.25) is 4.79 Å². The largest absolute Gasteiger partial charge is 0.422 e. The summed E-state index contributed by atoms with van der Waals surface area (Å²) in [6.45, 7) is 5.86. The van der Waals surface area contributed by atoms with Gasteiger partial charge in [0.15, 0.2) is 0 Å². The Labute approximate surface area is 159 Å². The number of hydrogen-bond donors (Lipinski definition) is 1. The van der Waals surface area contributed by atoms with Crippen LogP contribution < -0.4 is 15.8 Å². The summed E-state index contributed by atoms with van der Waals surface area (Å²) in [4.78, 5) is 27.0. The molecule has 0 atom stereocenters. The molecule has 0 saturated carbocycles. The van der Waals surface area contributed by atoms with Crippen molar-refractivity contribution in [1.29, 1.82) is 0 Å². The van der Waals surface area contributed by atoms with Crippen LogP contribution in [-0.2, 0) is 0 Å². The lowest BCUT2D eigenvalue weighted by Gasteiger charge is -2.21. The molecule has 0 aliphatic rings. The summed E-state index contributed by atoms with van der Waals surface area (Å²) in [5.41, 5.74) is 1.37. The number of para-hydroxylation sites is 1. The van der Waals surface area contributed by atoms with Crippen molar-refractivity contribution in [2.75, 3.05) is 23.3 Å². The van der Waals surface area contributed by atoms with E-state index < -0.39 is 11.5 Å². The molecule has 0 spiro atoms. The Morgan fingerprint density at radius 3 is 2.54 bits per heavy atom. The minimum atomic E-state index is -0.654. The van der Waals surface area contributed by atoms with Gasteiger partial charge in [-0.2, -0.15) is 0 Å². The molecule has 1 N–H and O–H groups in total. The molecule has 2 aromatic carbocycles. The standard InChI is InChI=1S/C20H19BrN2O3/c1-3-23(4-2)14-10-9-13-11-15(20(25)26-18(13)12-14)19(24)22-17-8-6-5-7-16(17)21/h5-12H,3-4H2,1-2H3,(H,22,24). The molecular weight excluding hydrogens is 396 g/mol. The molecule has 1 aromatic heterocycles. The van der Waals surface area contributed by atoms with Gasteiger partial charge in [0.25, 0.3) is 5.91 Å². The number of hydrogen-bond acceptors (Lipinski definition) is 4. The van der Waals surface area contributed by atoms with E-state index in [1.807, 2.05) is 30.3 Å². The van der Waals surface area contributed by atoms with Gasteiger partial charge in [-0.1, -0.05) is 12.1 Å². The van der Waals surface area contributed by atoms with Crippen LogP contribution in [0.5, 0.6) is 0 Å². The molecule has 3 aromatic rings. The topological polar surface area (TPSA) is 62.6 Å². The zero-order chi connectivity index (χ0) is 18.7. The normalized spacial score (nSPS) is 10.7. The van der Waals surface area contributed by atoms with Gasteiger partial charge in [0.1, 0.15) is 11.1 Å². The van der Waals surface area contributed by atoms with Crippen LogP contribution >= 0.6 is 15.9 Å². The second-order valence-corrected chi connectivity index (χ2v) is 6.63. The van der Waals surface area contributed by atoms with Crippen LogP contribution in [0.25, 0.3) is 11.0 Å². The number of benzene rings is 2. The average Bonchev–Trinajstić information content (AvgIpc) is 2.64. The monoisotopic (exact) mass is 414 g/mol. The molecule has 0 saturated heterocycles. The van der Waals surface area contributed by atoms with Gasteiger partial charge in [-0.15, -0.1) is 0 Å². The maximum atomic E-state index is 12.5. The SMILES string of the molecule is CCN(CC)c1ccc2cc(C(=O)Nc3ccccc3Br)c(=O)oc2c1. The van der Waals surface area contributed by atoms with Gasteiger partial charge in [-0.25, -0.2) is 4.79 Å². The summed E-state index contributed by atoms with van der Waals surface area (Å²) < 4.78 is 6.15. The van der Waals surface area contributed by atoms with Crippen molar-refractivity contribution in [2.24, 2.45) is 0 Å². The van der Waals surface area contributed by atoms with E-state index in [4.69, 9.17) is 4.42 Å². The van der Waals surface area contributed by atoms with E-state index in [-0.39, 0.29) is 5.56 Å². The van der Waals surface area contributed by atoms with Gasteiger partial charge in [0.2, 0.25) is 0 Å². The Morgan fingerprint density at radius 2 is 1.85 bits per heavy atom. The molecule has 134 valence electrons. The number of carbonyl (C=O) groups is 1. The van der Waals surface area contributed by atoms with E-state index >= 15 is 0 Å². The number of amides is 1.